The Kier molecular flexibility index (Phi) is 7.07. The van der Waals surface area contributed by atoms with E-state index in [1.54, 1.807) is 0 Å². The number of likely N-dealkylation sites (tertiary alicyclic amines) is 2. The summed E-state index contributed by atoms with van der Waals surface area (Å²) in [4.78, 5) is 20.1. The van der Waals surface area contributed by atoms with Crippen LogP contribution in [-0.2, 0) is 16.1 Å². The molecule has 2 heterocycles. The highest BCUT2D eigenvalue weighted by molar-refractivity contribution is 5.78. The topological polar surface area (TPSA) is 36.0 Å². The van der Waals surface area contributed by atoms with Crippen LogP contribution in [0.15, 0.2) is 24.3 Å². The van der Waals surface area contributed by atoms with Crippen molar-refractivity contribution in [2.75, 3.05) is 60.0 Å². The third-order valence-corrected chi connectivity index (χ3v) is 6.21. The molecule has 5 nitrogen and oxygen atoms in total. The van der Waals surface area contributed by atoms with E-state index in [1.165, 1.54) is 12.1 Å². The van der Waals surface area contributed by atoms with Crippen LogP contribution in [0.5, 0.6) is 0 Å². The molecule has 1 aromatic carbocycles. The lowest BCUT2D eigenvalue weighted by atomic mass is 9.75. The first kappa shape index (κ1) is 21.2. The molecular weight excluding hydrogens is 357 g/mol. The molecule has 0 bridgehead atoms. The average Bonchev–Trinajstić information content (AvgIpc) is 2.91. The molecule has 0 radical (unpaired) electrons. The van der Waals surface area contributed by atoms with E-state index in [9.17, 15) is 9.18 Å². The quantitative estimate of drug-likeness (QED) is 0.668. The lowest BCUT2D eigenvalue weighted by Crippen LogP contribution is -2.42. The van der Waals surface area contributed by atoms with Crippen LogP contribution in [0.4, 0.5) is 4.39 Å². The Bertz CT molecular complexity index is 652. The molecule has 0 amide bonds. The number of carbonyl (C=O) groups is 1. The van der Waals surface area contributed by atoms with Crippen LogP contribution in [0.3, 0.4) is 0 Å². The second-order valence-electron chi connectivity index (χ2n) is 8.58. The lowest BCUT2D eigenvalue weighted by Gasteiger charge is -2.31. The number of likely N-dealkylation sites (N-methyl/N-ethyl adjacent to an activating group) is 1. The number of esters is 1. The van der Waals surface area contributed by atoms with E-state index < -0.39 is 0 Å². The number of ether oxygens (including phenoxy) is 1. The Labute approximate surface area is 168 Å². The van der Waals surface area contributed by atoms with Gasteiger partial charge in [0.2, 0.25) is 0 Å². The lowest BCUT2D eigenvalue weighted by molar-refractivity contribution is -0.157. The Morgan fingerprint density at radius 1 is 1.25 bits per heavy atom. The van der Waals surface area contributed by atoms with E-state index in [0.717, 1.165) is 64.2 Å². The van der Waals surface area contributed by atoms with Gasteiger partial charge in [-0.25, -0.2) is 4.39 Å². The molecular formula is C22H34FN3O2. The first-order valence-electron chi connectivity index (χ1n) is 10.4. The maximum absolute atomic E-state index is 13.2. The maximum atomic E-state index is 13.2. The van der Waals surface area contributed by atoms with Crippen molar-refractivity contribution >= 4 is 5.97 Å². The van der Waals surface area contributed by atoms with Crippen LogP contribution in [0.25, 0.3) is 0 Å². The van der Waals surface area contributed by atoms with Gasteiger partial charge in [-0.3, -0.25) is 9.69 Å². The third kappa shape index (κ3) is 4.91. The van der Waals surface area contributed by atoms with Gasteiger partial charge < -0.3 is 14.5 Å². The van der Waals surface area contributed by atoms with E-state index in [2.05, 4.69) is 28.8 Å². The summed E-state index contributed by atoms with van der Waals surface area (Å²) in [5.74, 6) is 0.0564. The highest BCUT2D eigenvalue weighted by atomic mass is 19.1. The molecule has 0 aliphatic carbocycles. The van der Waals surface area contributed by atoms with Crippen molar-refractivity contribution in [2.45, 2.75) is 26.3 Å². The minimum Gasteiger partial charge on any atom is -0.466 e. The van der Waals surface area contributed by atoms with Crippen molar-refractivity contribution in [3.8, 4) is 0 Å². The standard InChI is InChI=1S/C22H34FN3O2/c1-4-28-21(27)22-10-5-11-25(14-18-6-8-20(23)9-7-18)15-19(22)16-26(17-22)13-12-24(2)3/h6-9,19H,4-5,10-17H2,1-3H3/t19-,22-/m1/s1. The van der Waals surface area contributed by atoms with E-state index in [-0.39, 0.29) is 23.1 Å². The molecule has 2 aliphatic heterocycles. The van der Waals surface area contributed by atoms with Crippen LogP contribution in [0.2, 0.25) is 0 Å². The molecule has 2 fully saturated rings. The summed E-state index contributed by atoms with van der Waals surface area (Å²) in [6.45, 7) is 8.67. The Hall–Kier alpha value is -1.50. The zero-order chi connectivity index (χ0) is 20.1. The normalized spacial score (nSPS) is 26.2. The minimum atomic E-state index is -0.389. The Balaban J connectivity index is 1.73. The summed E-state index contributed by atoms with van der Waals surface area (Å²) in [6.07, 6.45) is 1.87. The maximum Gasteiger partial charge on any atom is 0.313 e. The molecule has 0 aromatic heterocycles. The fraction of sp³-hybridized carbons (Fsp3) is 0.682. The Morgan fingerprint density at radius 2 is 1.96 bits per heavy atom. The van der Waals surface area contributed by atoms with E-state index >= 15 is 0 Å². The minimum absolute atomic E-state index is 0.0176. The van der Waals surface area contributed by atoms with Crippen LogP contribution in [-0.4, -0.2) is 80.6 Å². The summed E-state index contributed by atoms with van der Waals surface area (Å²) in [7, 11) is 4.17. The number of fused-ring (bicyclic) bond motifs is 1. The summed E-state index contributed by atoms with van der Waals surface area (Å²) in [5.41, 5.74) is 0.729. The van der Waals surface area contributed by atoms with Gasteiger partial charge in [0.1, 0.15) is 5.82 Å². The number of hydrogen-bond donors (Lipinski definition) is 0. The molecule has 3 rings (SSSR count). The molecule has 0 N–H and O–H groups in total. The molecule has 2 atom stereocenters. The van der Waals surface area contributed by atoms with Gasteiger partial charge in [-0.1, -0.05) is 12.1 Å². The first-order chi connectivity index (χ1) is 13.4. The van der Waals surface area contributed by atoms with Crippen LogP contribution >= 0.6 is 0 Å². The first-order valence-corrected chi connectivity index (χ1v) is 10.4. The predicted octanol–water partition coefficient (Wildman–Crippen LogP) is 2.46. The monoisotopic (exact) mass is 391 g/mol. The SMILES string of the molecule is CCOC(=O)[C@@]12CCCN(Cc3ccc(F)cc3)C[C@@H]1CN(CCN(C)C)C2. The molecule has 2 aliphatic rings. The third-order valence-electron chi connectivity index (χ3n) is 6.21. The number of carbonyl (C=O) groups excluding carboxylic acids is 1. The van der Waals surface area contributed by atoms with Crippen molar-refractivity contribution in [1.29, 1.82) is 0 Å². The Morgan fingerprint density at radius 3 is 2.64 bits per heavy atom. The summed E-state index contributed by atoms with van der Waals surface area (Å²) < 4.78 is 18.8. The average molecular weight is 392 g/mol. The van der Waals surface area contributed by atoms with Gasteiger partial charge in [0.25, 0.3) is 0 Å². The smallest absolute Gasteiger partial charge is 0.313 e. The number of halogens is 1. The van der Waals surface area contributed by atoms with Crippen molar-refractivity contribution < 1.29 is 13.9 Å². The number of hydrogen-bond acceptors (Lipinski definition) is 5. The molecule has 28 heavy (non-hydrogen) atoms. The number of benzene rings is 1. The van der Waals surface area contributed by atoms with E-state index in [0.29, 0.717) is 6.61 Å². The van der Waals surface area contributed by atoms with Crippen molar-refractivity contribution in [1.82, 2.24) is 14.7 Å². The molecule has 1 aromatic rings. The largest absolute Gasteiger partial charge is 0.466 e. The molecule has 0 unspecified atom stereocenters. The van der Waals surface area contributed by atoms with Gasteiger partial charge in [-0.15, -0.1) is 0 Å². The van der Waals surface area contributed by atoms with Gasteiger partial charge in [-0.05, 0) is 58.1 Å². The predicted molar refractivity (Wildman–Crippen MR) is 108 cm³/mol. The van der Waals surface area contributed by atoms with Gasteiger partial charge in [0.15, 0.2) is 0 Å². The molecule has 6 heteroatoms. The van der Waals surface area contributed by atoms with Gasteiger partial charge in [0, 0.05) is 45.2 Å². The second kappa shape index (κ2) is 9.33. The van der Waals surface area contributed by atoms with Crippen molar-refractivity contribution in [2.24, 2.45) is 11.3 Å². The van der Waals surface area contributed by atoms with Gasteiger partial charge >= 0.3 is 5.97 Å². The number of nitrogens with zero attached hydrogens (tertiary/aromatic N) is 3. The number of rotatable bonds is 7. The molecule has 0 saturated carbocycles. The van der Waals surface area contributed by atoms with Crippen LogP contribution < -0.4 is 0 Å². The summed E-state index contributed by atoms with van der Waals surface area (Å²) >= 11 is 0. The van der Waals surface area contributed by atoms with Gasteiger partial charge in [-0.2, -0.15) is 0 Å². The summed E-state index contributed by atoms with van der Waals surface area (Å²) in [5, 5.41) is 0. The van der Waals surface area contributed by atoms with Crippen LogP contribution in [0, 0.1) is 17.2 Å². The van der Waals surface area contributed by atoms with Crippen molar-refractivity contribution in [3.05, 3.63) is 35.6 Å². The van der Waals surface area contributed by atoms with E-state index in [1.807, 2.05) is 19.1 Å². The fourth-order valence-corrected chi connectivity index (χ4v) is 4.73. The van der Waals surface area contributed by atoms with E-state index in [4.69, 9.17) is 4.74 Å². The fourth-order valence-electron chi connectivity index (χ4n) is 4.73. The second-order valence-corrected chi connectivity index (χ2v) is 8.58. The zero-order valence-electron chi connectivity index (χ0n) is 17.5. The van der Waals surface area contributed by atoms with Crippen LogP contribution in [0.1, 0.15) is 25.3 Å². The highest BCUT2D eigenvalue weighted by Gasteiger charge is 2.53. The summed E-state index contributed by atoms with van der Waals surface area (Å²) in [6, 6.07) is 6.76. The zero-order valence-corrected chi connectivity index (χ0v) is 17.5. The molecule has 2 saturated heterocycles. The van der Waals surface area contributed by atoms with Crippen molar-refractivity contribution in [3.63, 3.8) is 0 Å². The highest BCUT2D eigenvalue weighted by Crippen LogP contribution is 2.43. The molecule has 0 spiro atoms. The molecule has 156 valence electrons. The van der Waals surface area contributed by atoms with Gasteiger partial charge in [0.05, 0.1) is 12.0 Å².